The van der Waals surface area contributed by atoms with Gasteiger partial charge in [-0.25, -0.2) is 4.98 Å². The van der Waals surface area contributed by atoms with Gasteiger partial charge in [-0.2, -0.15) is 0 Å². The van der Waals surface area contributed by atoms with Gasteiger partial charge in [-0.15, -0.1) is 11.3 Å². The van der Waals surface area contributed by atoms with Gasteiger partial charge in [-0.1, -0.05) is 51.1 Å². The molecule has 2 atom stereocenters. The van der Waals surface area contributed by atoms with Crippen molar-refractivity contribution >= 4 is 11.3 Å². The maximum atomic E-state index is 4.42. The predicted molar refractivity (Wildman–Crippen MR) is 86.9 cm³/mol. The van der Waals surface area contributed by atoms with Gasteiger partial charge in [-0.3, -0.25) is 0 Å². The van der Waals surface area contributed by atoms with Crippen LogP contribution in [0.15, 0.2) is 41.9 Å². The summed E-state index contributed by atoms with van der Waals surface area (Å²) in [7, 11) is 0. The summed E-state index contributed by atoms with van der Waals surface area (Å²) in [6.07, 6.45) is 2.98. The highest BCUT2D eigenvalue weighted by molar-refractivity contribution is 7.09. The number of hydrogen-bond donors (Lipinski definition) is 1. The van der Waals surface area contributed by atoms with Crippen LogP contribution in [0.3, 0.4) is 0 Å². The standard InChI is InChI=1S/C17H24N2S/c1-13(16-18-10-11-20-16)19-15(12-17(2,3)4)14-8-6-5-7-9-14/h5-11,13,15,19H,12H2,1-4H3. The van der Waals surface area contributed by atoms with Crippen LogP contribution < -0.4 is 5.32 Å². The molecule has 2 nitrogen and oxygen atoms in total. The summed E-state index contributed by atoms with van der Waals surface area (Å²) in [5, 5.41) is 6.93. The van der Waals surface area contributed by atoms with Gasteiger partial charge in [-0.05, 0) is 24.3 Å². The predicted octanol–water partition coefficient (Wildman–Crippen LogP) is 4.97. The van der Waals surface area contributed by atoms with Gasteiger partial charge in [0.05, 0.1) is 6.04 Å². The fourth-order valence-electron chi connectivity index (χ4n) is 2.39. The van der Waals surface area contributed by atoms with Crippen molar-refractivity contribution in [1.82, 2.24) is 10.3 Å². The first-order valence-corrected chi connectivity index (χ1v) is 8.04. The van der Waals surface area contributed by atoms with Crippen LogP contribution in [0.5, 0.6) is 0 Å². The van der Waals surface area contributed by atoms with Gasteiger partial charge in [0.2, 0.25) is 0 Å². The van der Waals surface area contributed by atoms with E-state index in [4.69, 9.17) is 0 Å². The van der Waals surface area contributed by atoms with Crippen molar-refractivity contribution in [3.8, 4) is 0 Å². The number of hydrogen-bond acceptors (Lipinski definition) is 3. The summed E-state index contributed by atoms with van der Waals surface area (Å²) in [5.41, 5.74) is 1.64. The number of thiazole rings is 1. The Hall–Kier alpha value is -1.19. The van der Waals surface area contributed by atoms with Crippen molar-refractivity contribution in [2.24, 2.45) is 5.41 Å². The van der Waals surface area contributed by atoms with E-state index < -0.39 is 0 Å². The molecule has 0 saturated carbocycles. The second-order valence-corrected chi connectivity index (χ2v) is 7.41. The molecule has 0 saturated heterocycles. The van der Waals surface area contributed by atoms with Crippen molar-refractivity contribution in [3.05, 3.63) is 52.5 Å². The first kappa shape index (κ1) is 15.2. The Bertz CT molecular complexity index is 500. The van der Waals surface area contributed by atoms with Crippen molar-refractivity contribution in [1.29, 1.82) is 0 Å². The van der Waals surface area contributed by atoms with E-state index in [1.54, 1.807) is 11.3 Å². The van der Waals surface area contributed by atoms with Gasteiger partial charge in [0, 0.05) is 17.6 Å². The molecule has 0 fully saturated rings. The van der Waals surface area contributed by atoms with Gasteiger partial charge in [0.25, 0.3) is 0 Å². The lowest BCUT2D eigenvalue weighted by Crippen LogP contribution is -2.28. The molecule has 1 aromatic carbocycles. The summed E-state index contributed by atoms with van der Waals surface area (Å²) in [6, 6.07) is 11.3. The van der Waals surface area contributed by atoms with Crippen LogP contribution in [0.1, 0.15) is 56.8 Å². The molecule has 2 aromatic rings. The van der Waals surface area contributed by atoms with Crippen molar-refractivity contribution in [2.75, 3.05) is 0 Å². The smallest absolute Gasteiger partial charge is 0.109 e. The molecular weight excluding hydrogens is 264 g/mol. The highest BCUT2D eigenvalue weighted by Crippen LogP contribution is 2.31. The summed E-state index contributed by atoms with van der Waals surface area (Å²) in [5.74, 6) is 0. The van der Waals surface area contributed by atoms with Gasteiger partial charge >= 0.3 is 0 Å². The van der Waals surface area contributed by atoms with E-state index >= 15 is 0 Å². The topological polar surface area (TPSA) is 24.9 Å². The van der Waals surface area contributed by atoms with Crippen LogP contribution >= 0.6 is 11.3 Å². The molecule has 2 unspecified atom stereocenters. The Labute approximate surface area is 126 Å². The third-order valence-corrected chi connectivity index (χ3v) is 4.25. The summed E-state index contributed by atoms with van der Waals surface area (Å²) in [6.45, 7) is 9.06. The number of aromatic nitrogens is 1. The van der Waals surface area contributed by atoms with E-state index in [1.807, 2.05) is 11.6 Å². The molecule has 2 rings (SSSR count). The molecule has 1 N–H and O–H groups in total. The van der Waals surface area contributed by atoms with Gasteiger partial charge in [0.15, 0.2) is 0 Å². The molecule has 0 aliphatic carbocycles. The lowest BCUT2D eigenvalue weighted by molar-refractivity contribution is 0.297. The molecule has 1 aromatic heterocycles. The zero-order chi connectivity index (χ0) is 14.6. The minimum atomic E-state index is 0.280. The SMILES string of the molecule is CC(NC(CC(C)(C)C)c1ccccc1)c1nccs1. The third-order valence-electron chi connectivity index (χ3n) is 3.29. The molecule has 20 heavy (non-hydrogen) atoms. The minimum Gasteiger partial charge on any atom is -0.301 e. The summed E-state index contributed by atoms with van der Waals surface area (Å²) >= 11 is 1.71. The molecule has 0 aliphatic rings. The van der Waals surface area contributed by atoms with Crippen LogP contribution in [0.25, 0.3) is 0 Å². The highest BCUT2D eigenvalue weighted by atomic mass is 32.1. The number of nitrogens with zero attached hydrogens (tertiary/aromatic N) is 1. The summed E-state index contributed by atoms with van der Waals surface area (Å²) < 4.78 is 0. The number of nitrogens with one attached hydrogen (secondary N) is 1. The quantitative estimate of drug-likeness (QED) is 0.840. The van der Waals surface area contributed by atoms with Crippen LogP contribution in [-0.4, -0.2) is 4.98 Å². The first-order chi connectivity index (χ1) is 9.46. The van der Waals surface area contributed by atoms with E-state index in [-0.39, 0.29) is 11.5 Å². The maximum absolute atomic E-state index is 4.42. The Morgan fingerprint density at radius 3 is 2.45 bits per heavy atom. The molecule has 0 amide bonds. The van der Waals surface area contributed by atoms with E-state index in [0.29, 0.717) is 6.04 Å². The Morgan fingerprint density at radius 1 is 1.20 bits per heavy atom. The molecule has 1 heterocycles. The fraction of sp³-hybridized carbons (Fsp3) is 0.471. The Morgan fingerprint density at radius 2 is 1.90 bits per heavy atom. The first-order valence-electron chi connectivity index (χ1n) is 7.16. The van der Waals surface area contributed by atoms with E-state index in [2.05, 4.69) is 68.3 Å². The fourth-order valence-corrected chi connectivity index (χ4v) is 3.05. The average Bonchev–Trinajstić information content (AvgIpc) is 2.91. The van der Waals surface area contributed by atoms with Gasteiger partial charge < -0.3 is 5.32 Å². The van der Waals surface area contributed by atoms with E-state index in [0.717, 1.165) is 11.4 Å². The minimum absolute atomic E-state index is 0.280. The zero-order valence-corrected chi connectivity index (χ0v) is 13.6. The highest BCUT2D eigenvalue weighted by Gasteiger charge is 2.22. The van der Waals surface area contributed by atoms with Crippen molar-refractivity contribution in [3.63, 3.8) is 0 Å². The molecule has 108 valence electrons. The van der Waals surface area contributed by atoms with Crippen LogP contribution in [0, 0.1) is 5.41 Å². The second kappa shape index (κ2) is 6.51. The van der Waals surface area contributed by atoms with Crippen LogP contribution in [-0.2, 0) is 0 Å². The lowest BCUT2D eigenvalue weighted by Gasteiger charge is -2.29. The summed E-state index contributed by atoms with van der Waals surface area (Å²) in [4.78, 5) is 4.42. The normalized spacial score (nSPS) is 15.0. The maximum Gasteiger partial charge on any atom is 0.109 e. The molecule has 0 spiro atoms. The molecular formula is C17H24N2S. The van der Waals surface area contributed by atoms with Gasteiger partial charge in [0.1, 0.15) is 5.01 Å². The molecule has 0 radical (unpaired) electrons. The molecule has 0 bridgehead atoms. The lowest BCUT2D eigenvalue weighted by atomic mass is 9.85. The third kappa shape index (κ3) is 4.43. The Balaban J connectivity index is 2.15. The van der Waals surface area contributed by atoms with Crippen molar-refractivity contribution in [2.45, 2.75) is 46.2 Å². The molecule has 0 aliphatic heterocycles. The average molecular weight is 288 g/mol. The van der Waals surface area contributed by atoms with Crippen LogP contribution in [0.4, 0.5) is 0 Å². The van der Waals surface area contributed by atoms with E-state index in [9.17, 15) is 0 Å². The monoisotopic (exact) mass is 288 g/mol. The zero-order valence-electron chi connectivity index (χ0n) is 12.8. The second-order valence-electron chi connectivity index (χ2n) is 6.49. The number of benzene rings is 1. The Kier molecular flexibility index (Phi) is 4.95. The van der Waals surface area contributed by atoms with E-state index in [1.165, 1.54) is 5.56 Å². The van der Waals surface area contributed by atoms with Crippen molar-refractivity contribution < 1.29 is 0 Å². The largest absolute Gasteiger partial charge is 0.301 e. The molecule has 3 heteroatoms. The number of rotatable bonds is 5. The van der Waals surface area contributed by atoms with Crippen LogP contribution in [0.2, 0.25) is 0 Å².